The molecule has 0 atom stereocenters. The zero-order valence-corrected chi connectivity index (χ0v) is 19.5. The zero-order valence-electron chi connectivity index (χ0n) is 19.5. The number of Topliss-reactive ketones (excluding diaryl/α,β-unsaturated/α-hetero) is 1. The minimum absolute atomic E-state index is 0.0730. The van der Waals surface area contributed by atoms with E-state index in [1.165, 1.54) is 0 Å². The largest absolute Gasteiger partial charge is 0.508 e. The van der Waals surface area contributed by atoms with Crippen LogP contribution in [0.5, 0.6) is 17.2 Å². The van der Waals surface area contributed by atoms with E-state index >= 15 is 0 Å². The Labute approximate surface area is 198 Å². The lowest BCUT2D eigenvalue weighted by Crippen LogP contribution is -2.30. The summed E-state index contributed by atoms with van der Waals surface area (Å²) in [7, 11) is 0. The minimum atomic E-state index is -0.289. The predicted molar refractivity (Wildman–Crippen MR) is 128 cm³/mol. The third kappa shape index (κ3) is 3.98. The number of ether oxygens (including phenoxy) is 2. The van der Waals surface area contributed by atoms with Gasteiger partial charge in [-0.15, -0.1) is 0 Å². The van der Waals surface area contributed by atoms with Gasteiger partial charge < -0.3 is 19.5 Å². The van der Waals surface area contributed by atoms with Crippen molar-refractivity contribution >= 4 is 11.6 Å². The number of phenolic OH excluding ortho intramolecular Hbond substituents is 1. The number of pyridine rings is 1. The molecule has 0 bridgehead atoms. The summed E-state index contributed by atoms with van der Waals surface area (Å²) in [5.41, 5.74) is 4.43. The molecule has 2 N–H and O–H groups in total. The molecule has 3 aromatic rings. The first kappa shape index (κ1) is 21.9. The molecule has 2 aromatic carbocycles. The standard InChI is InChI=1S/C27H27N3O4/c1-27(2,3)20-9-16(6-7-22(20)31)23(32)13-30-12-18-10-24-25(11-19(18)26(30)28)33-14-17-5-4-8-29-21(17)15-34-24/h4-11,28,31H,12-15H2,1-3H3. The molecule has 0 unspecified atom stereocenters. The fourth-order valence-corrected chi connectivity index (χ4v) is 4.38. The van der Waals surface area contributed by atoms with E-state index in [0.29, 0.717) is 36.8 Å². The number of aromatic nitrogens is 1. The highest BCUT2D eigenvalue weighted by molar-refractivity contribution is 6.05. The van der Waals surface area contributed by atoms with Crippen LogP contribution in [0.1, 0.15) is 59.1 Å². The van der Waals surface area contributed by atoms with Gasteiger partial charge in [-0.05, 0) is 52.9 Å². The molecule has 1 aromatic heterocycles. The lowest BCUT2D eigenvalue weighted by Gasteiger charge is -2.22. The van der Waals surface area contributed by atoms with Crippen LogP contribution in [0.4, 0.5) is 0 Å². The first-order chi connectivity index (χ1) is 16.2. The average Bonchev–Trinajstić information content (AvgIpc) is 3.08. The molecule has 7 heteroatoms. The second-order valence-corrected chi connectivity index (χ2v) is 9.75. The lowest BCUT2D eigenvalue weighted by molar-refractivity contribution is 0.0962. The SMILES string of the molecule is CC(C)(C)c1cc(C(=O)CN2Cc3cc4c(cc3C2=N)OCc2cccnc2CO4)ccc1O. The number of rotatable bonds is 3. The monoisotopic (exact) mass is 457 g/mol. The quantitative estimate of drug-likeness (QED) is 0.559. The van der Waals surface area contributed by atoms with E-state index in [2.05, 4.69) is 4.98 Å². The van der Waals surface area contributed by atoms with E-state index in [4.69, 9.17) is 14.9 Å². The van der Waals surface area contributed by atoms with Gasteiger partial charge in [0.1, 0.15) is 24.8 Å². The van der Waals surface area contributed by atoms with Gasteiger partial charge in [0, 0.05) is 29.4 Å². The summed E-state index contributed by atoms with van der Waals surface area (Å²) in [6, 6.07) is 12.5. The van der Waals surface area contributed by atoms with Crippen LogP contribution in [-0.4, -0.2) is 33.2 Å². The molecule has 0 radical (unpaired) electrons. The number of amidine groups is 1. The van der Waals surface area contributed by atoms with Gasteiger partial charge in [0.15, 0.2) is 17.3 Å². The van der Waals surface area contributed by atoms with Crippen molar-refractivity contribution in [1.82, 2.24) is 9.88 Å². The molecule has 2 aliphatic heterocycles. The summed E-state index contributed by atoms with van der Waals surface area (Å²) in [5, 5.41) is 18.9. The van der Waals surface area contributed by atoms with Gasteiger partial charge in [-0.25, -0.2) is 0 Å². The maximum atomic E-state index is 13.1. The van der Waals surface area contributed by atoms with Crippen molar-refractivity contribution in [3.05, 3.63) is 82.2 Å². The van der Waals surface area contributed by atoms with E-state index < -0.39 is 0 Å². The third-order valence-corrected chi connectivity index (χ3v) is 6.30. The van der Waals surface area contributed by atoms with Gasteiger partial charge in [0.05, 0.1) is 12.2 Å². The fourth-order valence-electron chi connectivity index (χ4n) is 4.38. The van der Waals surface area contributed by atoms with Crippen LogP contribution in [0.2, 0.25) is 0 Å². The normalized spacial score (nSPS) is 14.8. The summed E-state index contributed by atoms with van der Waals surface area (Å²) in [5.74, 6) is 1.56. The fraction of sp³-hybridized carbons (Fsp3) is 0.296. The van der Waals surface area contributed by atoms with E-state index in [1.807, 2.05) is 45.0 Å². The molecule has 0 fully saturated rings. The number of aromatic hydroxyl groups is 1. The number of nitrogens with one attached hydrogen (secondary N) is 1. The van der Waals surface area contributed by atoms with Crippen LogP contribution in [0, 0.1) is 5.41 Å². The topological polar surface area (TPSA) is 95.7 Å². The van der Waals surface area contributed by atoms with Crippen molar-refractivity contribution in [3.8, 4) is 17.2 Å². The summed E-state index contributed by atoms with van der Waals surface area (Å²) in [4.78, 5) is 19.2. The van der Waals surface area contributed by atoms with Gasteiger partial charge in [0.2, 0.25) is 0 Å². The van der Waals surface area contributed by atoms with Gasteiger partial charge in [0.25, 0.3) is 0 Å². The molecule has 0 aliphatic carbocycles. The molecule has 5 rings (SSSR count). The Morgan fingerprint density at radius 3 is 2.65 bits per heavy atom. The molecule has 0 saturated heterocycles. The van der Waals surface area contributed by atoms with Gasteiger partial charge in [-0.3, -0.25) is 15.2 Å². The molecule has 3 heterocycles. The average molecular weight is 458 g/mol. The summed E-state index contributed by atoms with van der Waals surface area (Å²) < 4.78 is 12.0. The van der Waals surface area contributed by atoms with Crippen molar-refractivity contribution in [2.45, 2.75) is 45.9 Å². The zero-order chi connectivity index (χ0) is 24.0. The van der Waals surface area contributed by atoms with E-state index in [1.54, 1.807) is 29.3 Å². The Bertz CT molecular complexity index is 1310. The Balaban J connectivity index is 1.36. The van der Waals surface area contributed by atoms with E-state index in [-0.39, 0.29) is 29.3 Å². The molecule has 0 amide bonds. The molecule has 0 saturated carbocycles. The highest BCUT2D eigenvalue weighted by Gasteiger charge is 2.29. The third-order valence-electron chi connectivity index (χ3n) is 6.30. The highest BCUT2D eigenvalue weighted by Crippen LogP contribution is 2.37. The maximum absolute atomic E-state index is 13.1. The smallest absolute Gasteiger partial charge is 0.182 e. The molecule has 174 valence electrons. The molecular weight excluding hydrogens is 430 g/mol. The first-order valence-electron chi connectivity index (χ1n) is 11.3. The number of fused-ring (bicyclic) bond motifs is 3. The number of carbonyl (C=O) groups is 1. The van der Waals surface area contributed by atoms with Crippen LogP contribution in [0.3, 0.4) is 0 Å². The molecular formula is C27H27N3O4. The molecule has 7 nitrogen and oxygen atoms in total. The number of ketones is 1. The van der Waals surface area contributed by atoms with Crippen LogP contribution in [-0.2, 0) is 25.2 Å². The van der Waals surface area contributed by atoms with Crippen LogP contribution < -0.4 is 9.47 Å². The van der Waals surface area contributed by atoms with Crippen molar-refractivity contribution < 1.29 is 19.4 Å². The minimum Gasteiger partial charge on any atom is -0.508 e. The highest BCUT2D eigenvalue weighted by atomic mass is 16.5. The van der Waals surface area contributed by atoms with Gasteiger partial charge >= 0.3 is 0 Å². The van der Waals surface area contributed by atoms with Crippen LogP contribution >= 0.6 is 0 Å². The molecule has 0 spiro atoms. The maximum Gasteiger partial charge on any atom is 0.182 e. The Hall–Kier alpha value is -3.87. The number of benzene rings is 2. The van der Waals surface area contributed by atoms with Crippen LogP contribution in [0.25, 0.3) is 0 Å². The van der Waals surface area contributed by atoms with Gasteiger partial charge in [-0.1, -0.05) is 26.8 Å². The van der Waals surface area contributed by atoms with Crippen molar-refractivity contribution in [3.63, 3.8) is 0 Å². The second-order valence-electron chi connectivity index (χ2n) is 9.75. The predicted octanol–water partition coefficient (Wildman–Crippen LogP) is 4.58. The van der Waals surface area contributed by atoms with E-state index in [0.717, 1.165) is 27.9 Å². The summed E-state index contributed by atoms with van der Waals surface area (Å²) in [6.45, 7) is 7.22. The summed E-state index contributed by atoms with van der Waals surface area (Å²) in [6.07, 6.45) is 1.74. The first-order valence-corrected chi connectivity index (χ1v) is 11.3. The lowest BCUT2D eigenvalue weighted by atomic mass is 9.85. The molecule has 2 aliphatic rings. The van der Waals surface area contributed by atoms with Crippen molar-refractivity contribution in [1.29, 1.82) is 5.41 Å². The number of hydrogen-bond donors (Lipinski definition) is 2. The second kappa shape index (κ2) is 8.17. The molecule has 34 heavy (non-hydrogen) atoms. The number of hydrogen-bond acceptors (Lipinski definition) is 6. The Morgan fingerprint density at radius 1 is 1.09 bits per heavy atom. The van der Waals surface area contributed by atoms with Crippen molar-refractivity contribution in [2.24, 2.45) is 0 Å². The Morgan fingerprint density at radius 2 is 1.85 bits per heavy atom. The summed E-state index contributed by atoms with van der Waals surface area (Å²) >= 11 is 0. The van der Waals surface area contributed by atoms with Gasteiger partial charge in [-0.2, -0.15) is 0 Å². The van der Waals surface area contributed by atoms with E-state index in [9.17, 15) is 9.90 Å². The van der Waals surface area contributed by atoms with Crippen LogP contribution in [0.15, 0.2) is 48.7 Å². The Kier molecular flexibility index (Phi) is 5.27. The number of carbonyl (C=O) groups excluding carboxylic acids is 1. The number of nitrogens with zero attached hydrogens (tertiary/aromatic N) is 2. The van der Waals surface area contributed by atoms with Crippen molar-refractivity contribution in [2.75, 3.05) is 6.54 Å². The number of phenols is 1.